The molecule has 2 atom stereocenters. The van der Waals surface area contributed by atoms with Gasteiger partial charge in [0.15, 0.2) is 0 Å². The fourth-order valence-corrected chi connectivity index (χ4v) is 7.71. The lowest BCUT2D eigenvalue weighted by Gasteiger charge is -2.32. The highest BCUT2D eigenvalue weighted by Gasteiger charge is 2.40. The summed E-state index contributed by atoms with van der Waals surface area (Å²) in [5.74, 6) is 2.01. The normalized spacial score (nSPS) is 29.2. The monoisotopic (exact) mass is 236 g/mol. The summed E-state index contributed by atoms with van der Waals surface area (Å²) in [6.07, 6.45) is 4.53. The average molecular weight is 236 g/mol. The van der Waals surface area contributed by atoms with Crippen LogP contribution in [0.25, 0.3) is 0 Å². The lowest BCUT2D eigenvalue weighted by atomic mass is 9.94. The first-order chi connectivity index (χ1) is 7.65. The first-order valence-electron chi connectivity index (χ1n) is 7.35. The van der Waals surface area contributed by atoms with Gasteiger partial charge in [-0.15, -0.1) is 0 Å². The summed E-state index contributed by atoms with van der Waals surface area (Å²) >= 11 is 0. The maximum Gasteiger partial charge on any atom is 0.0568 e. The molecule has 0 amide bonds. The second-order valence-electron chi connectivity index (χ2n) is 6.15. The van der Waals surface area contributed by atoms with E-state index in [1.54, 1.807) is 6.04 Å². The van der Waals surface area contributed by atoms with Gasteiger partial charge in [-0.05, 0) is 44.1 Å². The number of allylic oxidation sites excluding steroid dienone is 2. The van der Waals surface area contributed by atoms with E-state index in [0.717, 1.165) is 11.8 Å². The van der Waals surface area contributed by atoms with Crippen LogP contribution in [0.5, 0.6) is 0 Å². The summed E-state index contributed by atoms with van der Waals surface area (Å²) in [6.45, 7) is 9.78. The predicted molar refractivity (Wildman–Crippen MR) is 75.5 cm³/mol. The van der Waals surface area contributed by atoms with E-state index < -0.39 is 8.07 Å². The molecule has 0 aromatic rings. The molecule has 2 aliphatic carbocycles. The first kappa shape index (κ1) is 12.4. The summed E-state index contributed by atoms with van der Waals surface area (Å²) in [4.78, 5) is 0. The highest BCUT2D eigenvalue weighted by Crippen LogP contribution is 2.51. The molecule has 0 aliphatic heterocycles. The number of hydrogen-bond donors (Lipinski definition) is 0. The van der Waals surface area contributed by atoms with E-state index >= 15 is 0 Å². The van der Waals surface area contributed by atoms with Crippen LogP contribution in [-0.2, 0) is 0 Å². The molecule has 2 bridgehead atoms. The van der Waals surface area contributed by atoms with Crippen molar-refractivity contribution in [2.45, 2.75) is 71.1 Å². The fourth-order valence-electron chi connectivity index (χ4n) is 4.09. The van der Waals surface area contributed by atoms with Crippen molar-refractivity contribution < 1.29 is 0 Å². The second-order valence-corrected chi connectivity index (χ2v) is 11.6. The van der Waals surface area contributed by atoms with E-state index in [1.165, 1.54) is 37.4 Å². The molecule has 0 N–H and O–H groups in total. The van der Waals surface area contributed by atoms with Crippen LogP contribution in [-0.4, -0.2) is 8.07 Å². The molecule has 0 saturated heterocycles. The Bertz CT molecular complexity index is 278. The van der Waals surface area contributed by atoms with E-state index in [1.807, 2.05) is 11.1 Å². The van der Waals surface area contributed by atoms with Crippen molar-refractivity contribution >= 4 is 8.07 Å². The van der Waals surface area contributed by atoms with Gasteiger partial charge >= 0.3 is 0 Å². The smallest absolute Gasteiger partial charge is 0.0568 e. The summed E-state index contributed by atoms with van der Waals surface area (Å²) < 4.78 is 0. The molecule has 0 aromatic heterocycles. The van der Waals surface area contributed by atoms with Crippen LogP contribution in [0.2, 0.25) is 24.2 Å². The van der Waals surface area contributed by atoms with Gasteiger partial charge in [0.25, 0.3) is 0 Å². The lowest BCUT2D eigenvalue weighted by molar-refractivity contribution is 0.645. The summed E-state index contributed by atoms with van der Waals surface area (Å²) in [5, 5.41) is 0. The van der Waals surface area contributed by atoms with Crippen LogP contribution in [0, 0.1) is 11.8 Å². The van der Waals surface area contributed by atoms with Gasteiger partial charge in [-0.3, -0.25) is 0 Å². The van der Waals surface area contributed by atoms with E-state index in [-0.39, 0.29) is 0 Å². The van der Waals surface area contributed by atoms with Gasteiger partial charge in [0.05, 0.1) is 8.07 Å². The van der Waals surface area contributed by atoms with Gasteiger partial charge in [-0.25, -0.2) is 0 Å². The molecule has 92 valence electrons. The number of hydrogen-bond acceptors (Lipinski definition) is 0. The third kappa shape index (κ3) is 1.92. The van der Waals surface area contributed by atoms with Crippen LogP contribution in [0.4, 0.5) is 0 Å². The predicted octanol–water partition coefficient (Wildman–Crippen LogP) is 5.24. The molecule has 1 heteroatoms. The molecular formula is C15H28Si. The van der Waals surface area contributed by atoms with Crippen molar-refractivity contribution in [1.29, 1.82) is 0 Å². The van der Waals surface area contributed by atoms with Gasteiger partial charge in [0.2, 0.25) is 0 Å². The van der Waals surface area contributed by atoms with Crippen LogP contribution in [0.15, 0.2) is 11.1 Å². The quantitative estimate of drug-likeness (QED) is 0.452. The zero-order valence-electron chi connectivity index (χ0n) is 11.6. The van der Waals surface area contributed by atoms with E-state index in [4.69, 9.17) is 0 Å². The number of fused-ring (bicyclic) bond motifs is 2. The Morgan fingerprint density at radius 2 is 1.56 bits per heavy atom. The van der Waals surface area contributed by atoms with Crippen molar-refractivity contribution in [3.05, 3.63) is 11.1 Å². The van der Waals surface area contributed by atoms with Gasteiger partial charge in [-0.2, -0.15) is 0 Å². The Morgan fingerprint density at radius 1 is 1.00 bits per heavy atom. The third-order valence-corrected chi connectivity index (χ3v) is 11.5. The molecule has 0 unspecified atom stereocenters. The molecule has 0 radical (unpaired) electrons. The Morgan fingerprint density at radius 3 is 2.00 bits per heavy atom. The summed E-state index contributed by atoms with van der Waals surface area (Å²) in [7, 11) is -0.920. The maximum atomic E-state index is 2.45. The van der Waals surface area contributed by atoms with Crippen molar-refractivity contribution in [3.63, 3.8) is 0 Å². The summed E-state index contributed by atoms with van der Waals surface area (Å²) in [5.41, 5.74) is 3.76. The maximum absolute atomic E-state index is 2.45. The highest BCUT2D eigenvalue weighted by atomic mass is 28.3. The van der Waals surface area contributed by atoms with Gasteiger partial charge in [-0.1, -0.05) is 50.0 Å². The Hall–Kier alpha value is -0.0431. The topological polar surface area (TPSA) is 0 Å². The van der Waals surface area contributed by atoms with Crippen LogP contribution in [0.1, 0.15) is 47.0 Å². The molecule has 0 aromatic carbocycles. The van der Waals surface area contributed by atoms with Gasteiger partial charge in [0.1, 0.15) is 0 Å². The third-order valence-electron chi connectivity index (χ3n) is 5.86. The lowest BCUT2D eigenvalue weighted by Crippen LogP contribution is -2.32. The molecular weight excluding hydrogens is 208 g/mol. The zero-order valence-corrected chi connectivity index (χ0v) is 12.6. The van der Waals surface area contributed by atoms with Crippen LogP contribution in [0.3, 0.4) is 0 Å². The van der Waals surface area contributed by atoms with Gasteiger partial charge < -0.3 is 0 Å². The van der Waals surface area contributed by atoms with Crippen molar-refractivity contribution in [3.8, 4) is 0 Å². The standard InChI is InChI=1S/C15H28Si/c1-5-16(6-2,7-3)11-15-12(4)13-8-9-14(15)10-13/h13-14H,5-11H2,1-4H3/t13-,14+/m0/s1. The van der Waals surface area contributed by atoms with E-state index in [2.05, 4.69) is 27.7 Å². The SMILES string of the molecule is CC[Si](CC)(CC)CC1=C(C)[C@H]2CC[C@@H]1C2. The van der Waals surface area contributed by atoms with Crippen LogP contribution < -0.4 is 0 Å². The van der Waals surface area contributed by atoms with Gasteiger partial charge in [0, 0.05) is 0 Å². The minimum Gasteiger partial charge on any atom is -0.0710 e. The molecule has 0 heterocycles. The molecule has 2 rings (SSSR count). The Kier molecular flexibility index (Phi) is 3.63. The highest BCUT2D eigenvalue weighted by molar-refractivity contribution is 6.80. The van der Waals surface area contributed by atoms with Crippen molar-refractivity contribution in [2.75, 3.05) is 0 Å². The van der Waals surface area contributed by atoms with E-state index in [9.17, 15) is 0 Å². The molecule has 1 saturated carbocycles. The minimum absolute atomic E-state index is 0.920. The molecule has 16 heavy (non-hydrogen) atoms. The second kappa shape index (κ2) is 4.68. The zero-order chi connectivity index (χ0) is 11.8. The molecule has 1 fully saturated rings. The number of rotatable bonds is 5. The average Bonchev–Trinajstić information content (AvgIpc) is 2.89. The Labute approximate surface area is 103 Å². The van der Waals surface area contributed by atoms with Crippen LogP contribution >= 0.6 is 0 Å². The molecule has 2 aliphatic rings. The Balaban J connectivity index is 2.15. The van der Waals surface area contributed by atoms with Crippen molar-refractivity contribution in [2.24, 2.45) is 11.8 Å². The fraction of sp³-hybridized carbons (Fsp3) is 0.867. The minimum atomic E-state index is -0.920. The summed E-state index contributed by atoms with van der Waals surface area (Å²) in [6, 6.07) is 6.03. The molecule has 0 nitrogen and oxygen atoms in total. The van der Waals surface area contributed by atoms with Crippen molar-refractivity contribution in [1.82, 2.24) is 0 Å². The largest absolute Gasteiger partial charge is 0.0710 e. The van der Waals surface area contributed by atoms with E-state index in [0.29, 0.717) is 0 Å². The molecule has 0 spiro atoms. The first-order valence-corrected chi connectivity index (χ1v) is 10.2.